The molecule has 0 bridgehead atoms. The number of allylic oxidation sites excluding steroid dienone is 1. The minimum Gasteiger partial charge on any atom is -0.490 e. The fourth-order valence-electron chi connectivity index (χ4n) is 0.832. The van der Waals surface area contributed by atoms with Crippen molar-refractivity contribution < 1.29 is 4.74 Å². The molecule has 0 aliphatic carbocycles. The van der Waals surface area contributed by atoms with Crippen molar-refractivity contribution in [2.45, 2.75) is 0 Å². The van der Waals surface area contributed by atoms with Gasteiger partial charge in [-0.3, -0.25) is 0 Å². The van der Waals surface area contributed by atoms with Gasteiger partial charge in [0.1, 0.15) is 12.4 Å². The van der Waals surface area contributed by atoms with Gasteiger partial charge in [-0.2, -0.15) is 0 Å². The molecule has 1 rings (SSSR count). The van der Waals surface area contributed by atoms with Crippen molar-refractivity contribution in [3.05, 3.63) is 40.0 Å². The minimum absolute atomic E-state index is 0.537. The molecule has 1 aromatic carbocycles. The van der Waals surface area contributed by atoms with Crippen LogP contribution in [-0.4, -0.2) is 12.5 Å². The molecule has 0 aromatic heterocycles. The van der Waals surface area contributed by atoms with Crippen molar-refractivity contribution in [3.63, 3.8) is 0 Å². The van der Waals surface area contributed by atoms with Crippen LogP contribution in [0.3, 0.4) is 0 Å². The molecule has 13 heavy (non-hydrogen) atoms. The first-order valence-electron chi connectivity index (χ1n) is 3.92. The summed E-state index contributed by atoms with van der Waals surface area (Å²) >= 11 is 7.72. The Bertz CT molecular complexity index is 286. The predicted molar refractivity (Wildman–Crippen MR) is 64.5 cm³/mol. The highest BCUT2D eigenvalue weighted by atomic mass is 127. The highest BCUT2D eigenvalue weighted by Crippen LogP contribution is 2.14. The van der Waals surface area contributed by atoms with Crippen LogP contribution < -0.4 is 4.74 Å². The maximum absolute atomic E-state index is 5.46. The molecule has 0 aliphatic rings. The van der Waals surface area contributed by atoms with Crippen LogP contribution in [-0.2, 0) is 0 Å². The minimum atomic E-state index is 0.537. The molecule has 0 atom stereocenters. The molecule has 0 fully saturated rings. The fourth-order valence-corrected chi connectivity index (χ4v) is 1.47. The Morgan fingerprint density at radius 2 is 2.23 bits per heavy atom. The van der Waals surface area contributed by atoms with Crippen LogP contribution in [0.1, 0.15) is 0 Å². The van der Waals surface area contributed by atoms with E-state index in [4.69, 9.17) is 16.3 Å². The van der Waals surface area contributed by atoms with Gasteiger partial charge in [0.05, 0.1) is 0 Å². The second kappa shape index (κ2) is 6.27. The smallest absolute Gasteiger partial charge is 0.120 e. The molecule has 0 heterocycles. The molecule has 0 amide bonds. The van der Waals surface area contributed by atoms with Gasteiger partial charge in [-0.25, -0.2) is 0 Å². The lowest BCUT2D eigenvalue weighted by Crippen LogP contribution is -1.93. The number of hydrogen-bond acceptors (Lipinski definition) is 1. The van der Waals surface area contributed by atoms with E-state index in [1.807, 2.05) is 36.4 Å². The normalized spacial score (nSPS) is 10.6. The summed E-state index contributed by atoms with van der Waals surface area (Å²) in [7, 11) is 0. The van der Waals surface area contributed by atoms with Gasteiger partial charge >= 0.3 is 0 Å². The monoisotopic (exact) mass is 308 g/mol. The van der Waals surface area contributed by atoms with Gasteiger partial charge in [0.25, 0.3) is 0 Å². The second-order valence-corrected chi connectivity index (χ2v) is 3.95. The second-order valence-electron chi connectivity index (χ2n) is 2.39. The summed E-state index contributed by atoms with van der Waals surface area (Å²) in [5.74, 6) is 1.43. The van der Waals surface area contributed by atoms with Gasteiger partial charge in [-0.15, -0.1) is 11.6 Å². The number of alkyl halides is 1. The zero-order valence-corrected chi connectivity index (χ0v) is 9.96. The van der Waals surface area contributed by atoms with E-state index in [0.717, 1.165) is 5.75 Å². The quantitative estimate of drug-likeness (QED) is 0.470. The predicted octanol–water partition coefficient (Wildman–Crippen LogP) is 3.47. The summed E-state index contributed by atoms with van der Waals surface area (Å²) in [6.07, 6.45) is 3.78. The number of hydrogen-bond donors (Lipinski definition) is 0. The van der Waals surface area contributed by atoms with Gasteiger partial charge in [-0.05, 0) is 40.8 Å². The summed E-state index contributed by atoms with van der Waals surface area (Å²) in [4.78, 5) is 0. The van der Waals surface area contributed by atoms with Crippen LogP contribution in [0.25, 0.3) is 0 Å². The first-order valence-corrected chi connectivity index (χ1v) is 5.53. The third-order valence-electron chi connectivity index (χ3n) is 1.40. The Morgan fingerprint density at radius 3 is 2.92 bits per heavy atom. The standard InChI is InChI=1S/C10H10ClIO/c11-6-1-2-7-13-10-5-3-4-9(12)8-10/h1-5,8H,6-7H2. The van der Waals surface area contributed by atoms with Crippen molar-refractivity contribution in [1.82, 2.24) is 0 Å². The van der Waals surface area contributed by atoms with E-state index in [1.54, 1.807) is 0 Å². The van der Waals surface area contributed by atoms with Crippen LogP contribution in [0.2, 0.25) is 0 Å². The molecular weight excluding hydrogens is 298 g/mol. The van der Waals surface area contributed by atoms with E-state index in [1.165, 1.54) is 3.57 Å². The van der Waals surface area contributed by atoms with E-state index in [9.17, 15) is 0 Å². The van der Waals surface area contributed by atoms with Crippen molar-refractivity contribution >= 4 is 34.2 Å². The molecule has 0 spiro atoms. The maximum atomic E-state index is 5.46. The van der Waals surface area contributed by atoms with E-state index in [2.05, 4.69) is 22.6 Å². The third kappa shape index (κ3) is 4.52. The molecule has 0 aliphatic heterocycles. The van der Waals surface area contributed by atoms with Gasteiger partial charge in [0.2, 0.25) is 0 Å². The largest absolute Gasteiger partial charge is 0.490 e. The molecule has 0 radical (unpaired) electrons. The third-order valence-corrected chi connectivity index (χ3v) is 2.25. The Labute approximate surface area is 96.9 Å². The number of ether oxygens (including phenoxy) is 1. The van der Waals surface area contributed by atoms with Crippen molar-refractivity contribution in [1.29, 1.82) is 0 Å². The molecule has 0 saturated carbocycles. The van der Waals surface area contributed by atoms with Crippen LogP contribution >= 0.6 is 34.2 Å². The fraction of sp³-hybridized carbons (Fsp3) is 0.200. The van der Waals surface area contributed by atoms with Gasteiger partial charge < -0.3 is 4.74 Å². The number of benzene rings is 1. The summed E-state index contributed by atoms with van der Waals surface area (Å²) in [5.41, 5.74) is 0. The highest BCUT2D eigenvalue weighted by Gasteiger charge is 1.91. The van der Waals surface area contributed by atoms with E-state index < -0.39 is 0 Å². The lowest BCUT2D eigenvalue weighted by molar-refractivity contribution is 0.362. The van der Waals surface area contributed by atoms with E-state index in [0.29, 0.717) is 12.5 Å². The molecule has 1 aromatic rings. The molecule has 70 valence electrons. The first-order chi connectivity index (χ1) is 6.33. The topological polar surface area (TPSA) is 9.23 Å². The van der Waals surface area contributed by atoms with Crippen LogP contribution in [0.4, 0.5) is 0 Å². The van der Waals surface area contributed by atoms with Crippen LogP contribution in [0.15, 0.2) is 36.4 Å². The summed E-state index contributed by atoms with van der Waals surface area (Å²) in [5, 5.41) is 0. The zero-order valence-electron chi connectivity index (χ0n) is 7.04. The van der Waals surface area contributed by atoms with E-state index >= 15 is 0 Å². The Morgan fingerprint density at radius 1 is 1.38 bits per heavy atom. The van der Waals surface area contributed by atoms with Crippen molar-refractivity contribution in [2.75, 3.05) is 12.5 Å². The number of halogens is 2. The van der Waals surface area contributed by atoms with Gasteiger partial charge in [0.15, 0.2) is 0 Å². The lowest BCUT2D eigenvalue weighted by atomic mass is 10.3. The van der Waals surface area contributed by atoms with E-state index in [-0.39, 0.29) is 0 Å². The SMILES string of the molecule is ClCC=CCOc1cccc(I)c1. The summed E-state index contributed by atoms with van der Waals surface area (Å²) < 4.78 is 6.62. The maximum Gasteiger partial charge on any atom is 0.120 e. The lowest BCUT2D eigenvalue weighted by Gasteiger charge is -2.02. The molecule has 1 nitrogen and oxygen atoms in total. The Kier molecular flexibility index (Phi) is 5.23. The molecule has 0 unspecified atom stereocenters. The van der Waals surface area contributed by atoms with Crippen molar-refractivity contribution in [2.24, 2.45) is 0 Å². The average Bonchev–Trinajstić information content (AvgIpc) is 2.13. The number of rotatable bonds is 4. The van der Waals surface area contributed by atoms with Gasteiger partial charge in [-0.1, -0.05) is 18.2 Å². The Balaban J connectivity index is 2.41. The zero-order chi connectivity index (χ0) is 9.52. The first kappa shape index (κ1) is 10.9. The van der Waals surface area contributed by atoms with Crippen LogP contribution in [0.5, 0.6) is 5.75 Å². The van der Waals surface area contributed by atoms with Gasteiger partial charge in [0, 0.05) is 9.45 Å². The molecule has 3 heteroatoms. The summed E-state index contributed by atoms with van der Waals surface area (Å²) in [6.45, 7) is 0.576. The average molecular weight is 309 g/mol. The molecule has 0 N–H and O–H groups in total. The molecular formula is C10H10ClIO. The van der Waals surface area contributed by atoms with Crippen LogP contribution in [0, 0.1) is 3.57 Å². The summed E-state index contributed by atoms with van der Waals surface area (Å²) in [6, 6.07) is 7.94. The van der Waals surface area contributed by atoms with Crippen molar-refractivity contribution in [3.8, 4) is 5.75 Å². The highest BCUT2D eigenvalue weighted by molar-refractivity contribution is 14.1. The Hall–Kier alpha value is -0.220. The molecule has 0 saturated heterocycles.